The second kappa shape index (κ2) is 10.2. The molecular weight excluding hydrogens is 438 g/mol. The second-order valence-electron chi connectivity index (χ2n) is 8.92. The fourth-order valence-corrected chi connectivity index (χ4v) is 6.36. The van der Waals surface area contributed by atoms with E-state index >= 15 is 0 Å². The van der Waals surface area contributed by atoms with Gasteiger partial charge >= 0.3 is 0 Å². The maximum atomic E-state index is 13.3. The minimum Gasteiger partial charge on any atom is -0.496 e. The number of aryl methyl sites for hydroxylation is 1. The average molecular weight is 472 g/mol. The topological polar surface area (TPSA) is 70.2 Å². The zero-order valence-electron chi connectivity index (χ0n) is 19.4. The van der Waals surface area contributed by atoms with E-state index in [1.165, 1.54) is 9.87 Å². The van der Waals surface area contributed by atoms with Gasteiger partial charge in [0.05, 0.1) is 17.9 Å². The number of amides is 1. The number of ether oxygens (including phenoxy) is 1. The Morgan fingerprint density at radius 2 is 1.76 bits per heavy atom. The number of benzene rings is 2. The van der Waals surface area contributed by atoms with Crippen LogP contribution >= 0.6 is 0 Å². The lowest BCUT2D eigenvalue weighted by molar-refractivity contribution is -0.138. The monoisotopic (exact) mass is 471 g/mol. The zero-order chi connectivity index (χ0) is 23.4. The van der Waals surface area contributed by atoms with Gasteiger partial charge in [0.25, 0.3) is 0 Å². The highest BCUT2D eigenvalue weighted by Gasteiger charge is 2.36. The molecule has 7 nitrogen and oxygen atoms in total. The van der Waals surface area contributed by atoms with Gasteiger partial charge in [-0.05, 0) is 49.1 Å². The Balaban J connectivity index is 1.36. The quantitative estimate of drug-likeness (QED) is 0.648. The molecule has 4 rings (SSSR count). The fourth-order valence-electron chi connectivity index (χ4n) is 4.75. The van der Waals surface area contributed by atoms with Crippen LogP contribution < -0.4 is 4.74 Å². The molecule has 0 aliphatic carbocycles. The summed E-state index contributed by atoms with van der Waals surface area (Å²) in [6.45, 7) is 6.45. The van der Waals surface area contributed by atoms with Crippen molar-refractivity contribution >= 4 is 15.9 Å². The first kappa shape index (κ1) is 23.7. The molecule has 178 valence electrons. The van der Waals surface area contributed by atoms with Crippen LogP contribution in [0.4, 0.5) is 0 Å². The summed E-state index contributed by atoms with van der Waals surface area (Å²) >= 11 is 0. The lowest BCUT2D eigenvalue weighted by Gasteiger charge is -2.38. The summed E-state index contributed by atoms with van der Waals surface area (Å²) in [5.74, 6) is 0.459. The molecule has 0 saturated carbocycles. The van der Waals surface area contributed by atoms with Crippen molar-refractivity contribution in [3.05, 3.63) is 59.7 Å². The standard InChI is InChI=1S/C25H33N3O4S/c1-20-17-23(10-11-24(20)32-2)33(30,31)28-12-6-9-22(19-28)25(29)27-15-13-26(14-16-27)18-21-7-4-3-5-8-21/h3-5,7-8,10-11,17,22H,6,9,12-16,18-19H2,1-2H3. The highest BCUT2D eigenvalue weighted by Crippen LogP contribution is 2.28. The van der Waals surface area contributed by atoms with Crippen molar-refractivity contribution in [3.8, 4) is 5.75 Å². The molecule has 2 saturated heterocycles. The Morgan fingerprint density at radius 1 is 1.03 bits per heavy atom. The summed E-state index contributed by atoms with van der Waals surface area (Å²) < 4.78 is 33.2. The van der Waals surface area contributed by atoms with E-state index in [0.29, 0.717) is 31.8 Å². The lowest BCUT2D eigenvalue weighted by Crippen LogP contribution is -2.52. The van der Waals surface area contributed by atoms with Crippen LogP contribution in [0.15, 0.2) is 53.4 Å². The molecule has 0 aromatic heterocycles. The van der Waals surface area contributed by atoms with E-state index in [0.717, 1.165) is 31.6 Å². The minimum atomic E-state index is -3.65. The van der Waals surface area contributed by atoms with Crippen molar-refractivity contribution in [2.24, 2.45) is 5.92 Å². The number of carbonyl (C=O) groups is 1. The summed E-state index contributed by atoms with van der Waals surface area (Å²) in [5, 5.41) is 0. The van der Waals surface area contributed by atoms with E-state index < -0.39 is 10.0 Å². The predicted molar refractivity (Wildman–Crippen MR) is 128 cm³/mol. The van der Waals surface area contributed by atoms with Crippen LogP contribution in [0.2, 0.25) is 0 Å². The van der Waals surface area contributed by atoms with Gasteiger partial charge < -0.3 is 9.64 Å². The van der Waals surface area contributed by atoms with E-state index in [9.17, 15) is 13.2 Å². The van der Waals surface area contributed by atoms with Crippen LogP contribution in [0.5, 0.6) is 5.75 Å². The molecule has 33 heavy (non-hydrogen) atoms. The number of nitrogens with zero attached hydrogens (tertiary/aromatic N) is 3. The normalized spacial score (nSPS) is 20.5. The van der Waals surface area contributed by atoms with Gasteiger partial charge in [-0.3, -0.25) is 9.69 Å². The number of piperazine rings is 1. The number of hydrogen-bond donors (Lipinski definition) is 0. The van der Waals surface area contributed by atoms with Crippen LogP contribution in [0.1, 0.15) is 24.0 Å². The average Bonchev–Trinajstić information content (AvgIpc) is 2.84. The molecule has 1 amide bonds. The summed E-state index contributed by atoms with van der Waals surface area (Å²) in [4.78, 5) is 17.8. The Hall–Kier alpha value is -2.42. The van der Waals surface area contributed by atoms with E-state index in [2.05, 4.69) is 17.0 Å². The first-order valence-corrected chi connectivity index (χ1v) is 13.0. The summed E-state index contributed by atoms with van der Waals surface area (Å²) in [7, 11) is -2.08. The fraction of sp³-hybridized carbons (Fsp3) is 0.480. The lowest BCUT2D eigenvalue weighted by atomic mass is 9.97. The first-order chi connectivity index (χ1) is 15.9. The van der Waals surface area contributed by atoms with Gasteiger partial charge in [-0.25, -0.2) is 8.42 Å². The molecule has 0 N–H and O–H groups in total. The van der Waals surface area contributed by atoms with Crippen molar-refractivity contribution in [2.75, 3.05) is 46.4 Å². The van der Waals surface area contributed by atoms with E-state index in [1.807, 2.05) is 30.0 Å². The summed E-state index contributed by atoms with van der Waals surface area (Å²) in [6, 6.07) is 15.3. The highest BCUT2D eigenvalue weighted by atomic mass is 32.2. The Labute approximate surface area is 197 Å². The number of carbonyl (C=O) groups excluding carboxylic acids is 1. The molecule has 2 aromatic carbocycles. The summed E-state index contributed by atoms with van der Waals surface area (Å²) in [6.07, 6.45) is 1.43. The molecule has 0 bridgehead atoms. The van der Waals surface area contributed by atoms with Crippen molar-refractivity contribution in [3.63, 3.8) is 0 Å². The second-order valence-corrected chi connectivity index (χ2v) is 10.9. The molecule has 2 fully saturated rings. The van der Waals surface area contributed by atoms with Gasteiger partial charge in [0, 0.05) is 45.8 Å². The molecule has 2 aliphatic heterocycles. The third kappa shape index (κ3) is 5.39. The third-order valence-corrected chi connectivity index (χ3v) is 8.53. The molecule has 1 unspecified atom stereocenters. The Morgan fingerprint density at radius 3 is 2.42 bits per heavy atom. The number of hydrogen-bond acceptors (Lipinski definition) is 5. The SMILES string of the molecule is COc1ccc(S(=O)(=O)N2CCCC(C(=O)N3CCN(Cc4ccccc4)CC3)C2)cc1C. The minimum absolute atomic E-state index is 0.0835. The predicted octanol–water partition coefficient (Wildman–Crippen LogP) is 2.75. The molecule has 8 heteroatoms. The van der Waals surface area contributed by atoms with Gasteiger partial charge in [-0.15, -0.1) is 0 Å². The highest BCUT2D eigenvalue weighted by molar-refractivity contribution is 7.89. The van der Waals surface area contributed by atoms with Crippen molar-refractivity contribution < 1.29 is 17.9 Å². The third-order valence-electron chi connectivity index (χ3n) is 6.67. The van der Waals surface area contributed by atoms with Crippen LogP contribution in [0.25, 0.3) is 0 Å². The molecule has 2 aromatic rings. The zero-order valence-corrected chi connectivity index (χ0v) is 20.3. The number of sulfonamides is 1. The molecule has 0 spiro atoms. The maximum Gasteiger partial charge on any atom is 0.243 e. The molecular formula is C25H33N3O4S. The molecule has 1 atom stereocenters. The number of methoxy groups -OCH3 is 1. The number of rotatable bonds is 6. The Bertz CT molecular complexity index is 1070. The van der Waals surface area contributed by atoms with E-state index in [-0.39, 0.29) is 23.3 Å². The number of piperidine rings is 1. The van der Waals surface area contributed by atoms with Crippen molar-refractivity contribution in [2.45, 2.75) is 31.2 Å². The molecule has 2 aliphatic rings. The molecule has 2 heterocycles. The van der Waals surface area contributed by atoms with Gasteiger partial charge in [0.15, 0.2) is 0 Å². The first-order valence-electron chi connectivity index (χ1n) is 11.6. The van der Waals surface area contributed by atoms with Gasteiger partial charge in [0.1, 0.15) is 5.75 Å². The van der Waals surface area contributed by atoms with Gasteiger partial charge in [-0.2, -0.15) is 4.31 Å². The van der Waals surface area contributed by atoms with Crippen LogP contribution in [-0.4, -0.2) is 74.8 Å². The van der Waals surface area contributed by atoms with Gasteiger partial charge in [-0.1, -0.05) is 30.3 Å². The smallest absolute Gasteiger partial charge is 0.243 e. The van der Waals surface area contributed by atoms with Crippen LogP contribution in [-0.2, 0) is 21.4 Å². The largest absolute Gasteiger partial charge is 0.496 e. The van der Waals surface area contributed by atoms with Gasteiger partial charge in [0.2, 0.25) is 15.9 Å². The van der Waals surface area contributed by atoms with Crippen LogP contribution in [0.3, 0.4) is 0 Å². The summed E-state index contributed by atoms with van der Waals surface area (Å²) in [5.41, 5.74) is 2.05. The van der Waals surface area contributed by atoms with Crippen molar-refractivity contribution in [1.29, 1.82) is 0 Å². The van der Waals surface area contributed by atoms with E-state index in [4.69, 9.17) is 4.74 Å². The van der Waals surface area contributed by atoms with Crippen LogP contribution in [0, 0.1) is 12.8 Å². The van der Waals surface area contributed by atoms with Crippen molar-refractivity contribution in [1.82, 2.24) is 14.1 Å². The Kier molecular flexibility index (Phi) is 7.36. The molecule has 0 radical (unpaired) electrons. The maximum absolute atomic E-state index is 13.3. The van der Waals surface area contributed by atoms with E-state index in [1.54, 1.807) is 25.3 Å².